The Labute approximate surface area is 612 Å². The highest BCUT2D eigenvalue weighted by Crippen LogP contribution is 2.31. The summed E-state index contributed by atoms with van der Waals surface area (Å²) in [5.41, 5.74) is 0.361. The molecular formula is C68H95N15O20S2. The van der Waals surface area contributed by atoms with E-state index in [9.17, 15) is 92.0 Å². The number of aliphatic hydroxyl groups is 1. The van der Waals surface area contributed by atoms with Crippen LogP contribution >= 0.6 is 21.6 Å². The van der Waals surface area contributed by atoms with Gasteiger partial charge in [-0.3, -0.25) is 71.9 Å². The van der Waals surface area contributed by atoms with Crippen LogP contribution in [0.3, 0.4) is 0 Å². The number of carbonyl (C=O) groups excluding carboxylic acids is 14. The van der Waals surface area contributed by atoms with E-state index in [2.05, 4.69) is 79.1 Å². The van der Waals surface area contributed by atoms with Gasteiger partial charge in [-0.15, -0.1) is 0 Å². The van der Waals surface area contributed by atoms with Gasteiger partial charge in [0.1, 0.15) is 54.4 Å². The van der Waals surface area contributed by atoms with Gasteiger partial charge in [-0.25, -0.2) is 4.79 Å². The van der Waals surface area contributed by atoms with E-state index in [0.29, 0.717) is 43.7 Å². The summed E-state index contributed by atoms with van der Waals surface area (Å²) in [5, 5.41) is 63.6. The number of aromatic amines is 2. The van der Waals surface area contributed by atoms with Crippen LogP contribution in [0.5, 0.6) is 0 Å². The Morgan fingerprint density at radius 1 is 0.600 bits per heavy atom. The number of benzene rings is 2. The predicted molar refractivity (Wildman–Crippen MR) is 384 cm³/mol. The maximum atomic E-state index is 14.9. The van der Waals surface area contributed by atoms with Crippen molar-refractivity contribution >= 4 is 139 Å². The lowest BCUT2D eigenvalue weighted by atomic mass is 9.98. The van der Waals surface area contributed by atoms with Gasteiger partial charge in [-0.2, -0.15) is 0 Å². The van der Waals surface area contributed by atoms with E-state index in [4.69, 9.17) is 4.74 Å². The molecule has 0 aliphatic carbocycles. The summed E-state index contributed by atoms with van der Waals surface area (Å²) in [6.45, 7) is 13.5. The van der Waals surface area contributed by atoms with E-state index in [-0.39, 0.29) is 56.2 Å². The fraction of sp³-hybridized carbons (Fsp3) is 0.529. The number of para-hydroxylation sites is 2. The Bertz CT molecular complexity index is 3770. The van der Waals surface area contributed by atoms with E-state index in [0.717, 1.165) is 31.6 Å². The van der Waals surface area contributed by atoms with Crippen molar-refractivity contribution < 1.29 is 96.8 Å². The number of aromatic nitrogens is 2. The lowest BCUT2D eigenvalue weighted by molar-refractivity contribution is -0.154. The molecule has 13 amide bonds. The molecule has 1 aliphatic rings. The van der Waals surface area contributed by atoms with Gasteiger partial charge >= 0.3 is 17.9 Å². The fourth-order valence-electron chi connectivity index (χ4n) is 11.0. The van der Waals surface area contributed by atoms with Crippen molar-refractivity contribution in [3.63, 3.8) is 0 Å². The second kappa shape index (κ2) is 41.3. The lowest BCUT2D eigenvalue weighted by Crippen LogP contribution is -2.61. The van der Waals surface area contributed by atoms with E-state index >= 15 is 0 Å². The van der Waals surface area contributed by atoms with Gasteiger partial charge in [-0.1, -0.05) is 88.7 Å². The standard InChI is InChI=1S/C68H95N15O20S2/c1-32(2)23-46-60(95)72-30-51(87)77-45(19-20-52(88)89)61(96)80-47(24-33(3)4)63(98)82-54(34(5)6)65(100)81-48(25-39-28-70-43-17-13-11-15-41(39)43)59(94)69-21-22-104-105-68(103-67(102)55(37(9)85)73-31-84)56(83-64(99)50(27-53(90)91)76-38(10)86)66(101)75-36(8)58(93)79-49(62(97)74-35(7)57(92)78-46)26-40-29-71-44-18-14-12-16-42(40)44/h11-18,28-29,31-37,45-50,54-56,68,70-71,85H,19-27,30H2,1-10H3,(H,69,94)(H,72,95)(H,73,84)(H,74,97)(H,75,101)(H,76,86)(H,77,87)(H,78,92)(H,79,93)(H,80,96)(H,81,100)(H,82,98)(H,83,99)(H,88,89)(H,90,91)/t35-,36-,37+,45-,46-,47-,48-,49-,50-,54-,55-,56+,68?/m0/s1. The van der Waals surface area contributed by atoms with E-state index in [1.54, 1.807) is 102 Å². The molecule has 18 N–H and O–H groups in total. The normalized spacial score (nSPS) is 23.3. The zero-order valence-electron chi connectivity index (χ0n) is 59.8. The number of hydrogen-bond donors (Lipinski definition) is 18. The number of aliphatic carboxylic acids is 2. The van der Waals surface area contributed by atoms with Crippen molar-refractivity contribution in [2.75, 3.05) is 18.8 Å². The first-order chi connectivity index (χ1) is 49.6. The molecule has 37 heteroatoms. The van der Waals surface area contributed by atoms with Crippen molar-refractivity contribution in [1.29, 1.82) is 0 Å². The van der Waals surface area contributed by atoms with Gasteiger partial charge in [0.15, 0.2) is 17.5 Å². The maximum Gasteiger partial charge on any atom is 0.332 e. The molecular weight excluding hydrogens is 1410 g/mol. The zero-order chi connectivity index (χ0) is 77.9. The predicted octanol–water partition coefficient (Wildman–Crippen LogP) is -1.58. The number of carboxylic acids is 2. The molecule has 35 nitrogen and oxygen atoms in total. The number of carbonyl (C=O) groups is 16. The Kier molecular flexibility index (Phi) is 33.5. The number of H-pyrrole nitrogens is 2. The molecule has 2 aromatic heterocycles. The quantitative estimate of drug-likeness (QED) is 0.0240. The van der Waals surface area contributed by atoms with Crippen LogP contribution in [0.4, 0.5) is 0 Å². The smallest absolute Gasteiger partial charge is 0.332 e. The molecule has 105 heavy (non-hydrogen) atoms. The summed E-state index contributed by atoms with van der Waals surface area (Å²) in [5.74, 6) is -17.7. The minimum Gasteiger partial charge on any atom is -0.481 e. The molecule has 2 aromatic carbocycles. The fourth-order valence-corrected chi connectivity index (χ4v) is 13.3. The molecule has 4 aromatic rings. The Morgan fingerprint density at radius 3 is 1.62 bits per heavy atom. The molecule has 1 saturated heterocycles. The number of esters is 1. The molecule has 1 fully saturated rings. The number of carboxylic acid groups (broad SMARTS) is 2. The van der Waals surface area contributed by atoms with Crippen LogP contribution < -0.4 is 69.1 Å². The highest BCUT2D eigenvalue weighted by atomic mass is 33.1. The molecule has 574 valence electrons. The number of fused-ring (bicyclic) bond motifs is 2. The van der Waals surface area contributed by atoms with Crippen LogP contribution in [-0.2, 0) is 94.3 Å². The van der Waals surface area contributed by atoms with E-state index in [1.807, 2.05) is 0 Å². The second-order valence-electron chi connectivity index (χ2n) is 26.4. The first-order valence-electron chi connectivity index (χ1n) is 34.0. The lowest BCUT2D eigenvalue weighted by Gasteiger charge is -2.30. The summed E-state index contributed by atoms with van der Waals surface area (Å²) < 4.78 is 5.78. The Balaban J connectivity index is 1.63. The first-order valence-corrected chi connectivity index (χ1v) is 36.4. The third-order valence-corrected chi connectivity index (χ3v) is 18.9. The summed E-state index contributed by atoms with van der Waals surface area (Å²) >= 11 is 0. The number of amides is 13. The molecule has 0 bridgehead atoms. The average molecular weight is 1510 g/mol. The summed E-state index contributed by atoms with van der Waals surface area (Å²) in [6, 6.07) is -3.91. The third-order valence-electron chi connectivity index (χ3n) is 16.4. The van der Waals surface area contributed by atoms with E-state index < -0.39 is 199 Å². The van der Waals surface area contributed by atoms with Crippen LogP contribution in [0.2, 0.25) is 0 Å². The van der Waals surface area contributed by atoms with Crippen LogP contribution in [0, 0.1) is 17.8 Å². The van der Waals surface area contributed by atoms with Gasteiger partial charge in [-0.05, 0) is 91.8 Å². The Hall–Kier alpha value is -10.3. The molecule has 0 radical (unpaired) electrons. The maximum absolute atomic E-state index is 14.9. The van der Waals surface area contributed by atoms with Crippen LogP contribution in [-0.4, -0.2) is 217 Å². The summed E-state index contributed by atoms with van der Waals surface area (Å²) in [6.07, 6.45) is -1.12. The van der Waals surface area contributed by atoms with Gasteiger partial charge in [0.2, 0.25) is 77.3 Å². The molecule has 0 spiro atoms. The zero-order valence-corrected chi connectivity index (χ0v) is 61.4. The van der Waals surface area contributed by atoms with Crippen LogP contribution in [0.1, 0.15) is 112 Å². The molecule has 3 heterocycles. The number of aliphatic hydroxyl groups excluding tert-OH is 1. The van der Waals surface area contributed by atoms with Crippen molar-refractivity contribution in [2.45, 2.75) is 192 Å². The summed E-state index contributed by atoms with van der Waals surface area (Å²) in [7, 11) is 1.33. The molecule has 1 aliphatic heterocycles. The first kappa shape index (κ1) is 85.3. The number of ether oxygens (including phenoxy) is 1. The largest absolute Gasteiger partial charge is 0.481 e. The average Bonchev–Trinajstić information content (AvgIpc) is 1.75. The van der Waals surface area contributed by atoms with E-state index in [1.165, 1.54) is 6.92 Å². The van der Waals surface area contributed by atoms with Gasteiger partial charge in [0.05, 0.1) is 19.1 Å². The highest BCUT2D eigenvalue weighted by molar-refractivity contribution is 8.76. The topological polar surface area (TPSA) is 531 Å². The van der Waals surface area contributed by atoms with Gasteiger partial charge in [0, 0.05) is 72.7 Å². The molecule has 1 unspecified atom stereocenters. The minimum atomic E-state index is -2.20. The van der Waals surface area contributed by atoms with Crippen LogP contribution in [0.25, 0.3) is 21.8 Å². The number of rotatable bonds is 22. The minimum absolute atomic E-state index is 0.0326. The monoisotopic (exact) mass is 1510 g/mol. The number of hydrogen-bond acceptors (Lipinski definition) is 20. The van der Waals surface area contributed by atoms with Crippen LogP contribution in [0.15, 0.2) is 60.9 Å². The summed E-state index contributed by atoms with van der Waals surface area (Å²) in [4.78, 5) is 226. The Morgan fingerprint density at radius 2 is 1.10 bits per heavy atom. The van der Waals surface area contributed by atoms with Crippen molar-refractivity contribution in [3.05, 3.63) is 72.1 Å². The number of nitrogens with one attached hydrogen (secondary N) is 15. The highest BCUT2D eigenvalue weighted by Gasteiger charge is 2.41. The van der Waals surface area contributed by atoms with Gasteiger partial charge in [0.25, 0.3) is 0 Å². The second-order valence-corrected chi connectivity index (χ2v) is 29.0. The third kappa shape index (κ3) is 27.0. The SMILES string of the molecule is CC(=O)N[C@@H](CC(=O)O)C(=O)N[C@@H]1C(=O)N[C@@H](C)C(=O)N[C@@H](Cc2c[nH]c3ccccc23)C(=O)N[C@@H](C)C(=O)N[C@@H](CC(C)C)C(=O)NCC(=O)N[C@@H](CCC(=O)O)C(=O)N[C@@H](CC(C)C)C(=O)N[C@@H](C(C)C)C(=O)N[C@@H](Cc2c[nH]c3ccccc23)C(=O)NCCSSC1OC(=O)[C@@H](NC=O)[C@@H](C)O. The van der Waals surface area contributed by atoms with Crippen molar-refractivity contribution in [1.82, 2.24) is 79.1 Å². The van der Waals surface area contributed by atoms with Crippen molar-refractivity contribution in [2.24, 2.45) is 17.8 Å². The molecule has 5 rings (SSSR count). The van der Waals surface area contributed by atoms with Gasteiger partial charge < -0.3 is 99.1 Å². The van der Waals surface area contributed by atoms with Crippen molar-refractivity contribution in [3.8, 4) is 0 Å². The molecule has 0 saturated carbocycles. The molecule has 13 atom stereocenters.